The van der Waals surface area contributed by atoms with Gasteiger partial charge in [-0.3, -0.25) is 9.36 Å². The van der Waals surface area contributed by atoms with E-state index in [0.717, 1.165) is 12.1 Å². The Hall–Kier alpha value is -3.20. The van der Waals surface area contributed by atoms with Gasteiger partial charge in [0.1, 0.15) is 17.1 Å². The maximum Gasteiger partial charge on any atom is 0.328 e. The minimum Gasteiger partial charge on any atom is -0.478 e. The summed E-state index contributed by atoms with van der Waals surface area (Å²) in [7, 11) is 0. The van der Waals surface area contributed by atoms with E-state index in [1.165, 1.54) is 29.7 Å². The number of alkyl halides is 1. The van der Waals surface area contributed by atoms with Gasteiger partial charge in [0.05, 0.1) is 21.3 Å². The van der Waals surface area contributed by atoms with Crippen molar-refractivity contribution in [1.29, 1.82) is 0 Å². The third-order valence-electron chi connectivity index (χ3n) is 6.67. The first-order valence-electron chi connectivity index (χ1n) is 10.7. The molecule has 0 amide bonds. The maximum atomic E-state index is 16.7. The van der Waals surface area contributed by atoms with Gasteiger partial charge in [0.15, 0.2) is 5.76 Å². The Morgan fingerprint density at radius 2 is 1.86 bits per heavy atom. The van der Waals surface area contributed by atoms with Crippen LogP contribution in [0.4, 0.5) is 8.78 Å². The molecule has 1 atom stereocenters. The molecule has 1 unspecified atom stereocenters. The monoisotopic (exact) mass is 548 g/mol. The number of rotatable bonds is 2. The number of nitrogens with zero attached hydrogens (tertiary/aromatic N) is 2. The lowest BCUT2D eigenvalue weighted by molar-refractivity contribution is -0.131. The molecule has 11 heteroatoms. The molecule has 1 aliphatic heterocycles. The molecule has 36 heavy (non-hydrogen) atoms. The van der Waals surface area contributed by atoms with Gasteiger partial charge in [0.25, 0.3) is 5.91 Å². The van der Waals surface area contributed by atoms with Gasteiger partial charge in [-0.2, -0.15) is 0 Å². The molecule has 3 heterocycles. The summed E-state index contributed by atoms with van der Waals surface area (Å²) in [6.07, 6.45) is 1.29. The molecule has 1 aliphatic carbocycles. The minimum absolute atomic E-state index is 0.00720. The molecule has 2 aliphatic rings. The quantitative estimate of drug-likeness (QED) is 0.271. The molecule has 6 rings (SSSR count). The highest BCUT2D eigenvalue weighted by Crippen LogP contribution is 2.52. The second kappa shape index (κ2) is 7.65. The van der Waals surface area contributed by atoms with E-state index in [2.05, 4.69) is 5.16 Å². The second-order valence-electron chi connectivity index (χ2n) is 8.77. The van der Waals surface area contributed by atoms with E-state index in [4.69, 9.17) is 39.3 Å². The van der Waals surface area contributed by atoms with Crippen molar-refractivity contribution in [1.82, 2.24) is 9.72 Å². The number of halogens is 5. The fraction of sp³-hybridized carbons (Fsp3) is 0.160. The van der Waals surface area contributed by atoms with E-state index in [1.54, 1.807) is 0 Å². The van der Waals surface area contributed by atoms with Crippen molar-refractivity contribution >= 4 is 63.2 Å². The summed E-state index contributed by atoms with van der Waals surface area (Å²) in [5.74, 6) is -2.88. The summed E-state index contributed by atoms with van der Waals surface area (Å²) < 4.78 is 38.3. The number of aliphatic carboxylic acids is 1. The fourth-order valence-corrected chi connectivity index (χ4v) is 6.33. The molecular weight excluding hydrogens is 537 g/mol. The SMILES string of the molecule is CC1(F)c2onc(-c3c(Cl)cc(Cl)cc3Cl)c2C(=O)n2c1c1c3c(c(F)ccc32)/C(=C/C(=O)O)CC1. The van der Waals surface area contributed by atoms with Crippen LogP contribution in [0.2, 0.25) is 15.1 Å². The number of aromatic nitrogens is 2. The number of hydrogen-bond donors (Lipinski definition) is 1. The lowest BCUT2D eigenvalue weighted by Crippen LogP contribution is -2.33. The molecule has 0 saturated carbocycles. The van der Waals surface area contributed by atoms with Crippen LogP contribution in [0.3, 0.4) is 0 Å². The Morgan fingerprint density at radius 3 is 2.53 bits per heavy atom. The third kappa shape index (κ3) is 2.98. The van der Waals surface area contributed by atoms with E-state index in [-0.39, 0.29) is 72.8 Å². The van der Waals surface area contributed by atoms with E-state index >= 15 is 8.78 Å². The summed E-state index contributed by atoms with van der Waals surface area (Å²) >= 11 is 18.7. The largest absolute Gasteiger partial charge is 0.478 e. The van der Waals surface area contributed by atoms with Crippen molar-refractivity contribution in [3.63, 3.8) is 0 Å². The van der Waals surface area contributed by atoms with E-state index in [0.29, 0.717) is 10.9 Å². The highest BCUT2D eigenvalue weighted by Gasteiger charge is 2.50. The highest BCUT2D eigenvalue weighted by atomic mass is 35.5. The van der Waals surface area contributed by atoms with Gasteiger partial charge in [-0.15, -0.1) is 0 Å². The second-order valence-corrected chi connectivity index (χ2v) is 10.0. The molecule has 182 valence electrons. The number of aryl methyl sites for hydroxylation is 1. The van der Waals surface area contributed by atoms with E-state index in [9.17, 15) is 14.7 Å². The zero-order valence-electron chi connectivity index (χ0n) is 18.3. The van der Waals surface area contributed by atoms with Crippen molar-refractivity contribution in [2.24, 2.45) is 0 Å². The standard InChI is InChI=1S/C25H13Cl3F2N2O4/c1-25(30)22-11-3-2-9(6-16(33)34)17-14(29)4-5-15(18(11)17)32(22)24(35)20-21(31-36-23(20)25)19-12(27)7-10(26)8-13(19)28/h4-8H,2-3H2,1H3,(H,33,34)/b9-6+. The smallest absolute Gasteiger partial charge is 0.328 e. The fourth-order valence-electron chi connectivity index (χ4n) is 5.34. The molecule has 0 bridgehead atoms. The Bertz CT molecular complexity index is 1700. The van der Waals surface area contributed by atoms with Crippen LogP contribution in [0.5, 0.6) is 0 Å². The minimum atomic E-state index is -2.34. The van der Waals surface area contributed by atoms with Gasteiger partial charge in [0.2, 0.25) is 5.67 Å². The summed E-state index contributed by atoms with van der Waals surface area (Å²) in [4.78, 5) is 25.3. The lowest BCUT2D eigenvalue weighted by Gasteiger charge is -2.27. The van der Waals surface area contributed by atoms with Crippen molar-refractivity contribution in [3.05, 3.63) is 79.4 Å². The average molecular weight is 550 g/mol. The summed E-state index contributed by atoms with van der Waals surface area (Å²) in [6, 6.07) is 5.33. The van der Waals surface area contributed by atoms with Crippen molar-refractivity contribution < 1.29 is 28.0 Å². The van der Waals surface area contributed by atoms with Crippen molar-refractivity contribution in [3.8, 4) is 11.3 Å². The Kier molecular flexibility index (Phi) is 4.93. The van der Waals surface area contributed by atoms with Gasteiger partial charge in [-0.1, -0.05) is 40.0 Å². The van der Waals surface area contributed by atoms with Crippen LogP contribution < -0.4 is 0 Å². The zero-order chi connectivity index (χ0) is 25.7. The van der Waals surface area contributed by atoms with E-state index < -0.39 is 23.4 Å². The van der Waals surface area contributed by atoms with Crippen LogP contribution >= 0.6 is 34.8 Å². The van der Waals surface area contributed by atoms with Gasteiger partial charge < -0.3 is 9.63 Å². The molecule has 0 radical (unpaired) electrons. The molecular formula is C25H13Cl3F2N2O4. The Labute approximate surface area is 216 Å². The van der Waals surface area contributed by atoms with Crippen LogP contribution in [0, 0.1) is 5.82 Å². The number of fused-ring (bicyclic) bond motifs is 4. The Balaban J connectivity index is 1.68. The van der Waals surface area contributed by atoms with Gasteiger partial charge in [0, 0.05) is 27.6 Å². The number of hydrogen-bond acceptors (Lipinski definition) is 4. The average Bonchev–Trinajstić information content (AvgIpc) is 3.36. The third-order valence-corrected chi connectivity index (χ3v) is 7.49. The van der Waals surface area contributed by atoms with Crippen LogP contribution in [-0.4, -0.2) is 26.7 Å². The first-order valence-corrected chi connectivity index (χ1v) is 11.8. The van der Waals surface area contributed by atoms with E-state index in [1.807, 2.05) is 0 Å². The summed E-state index contributed by atoms with van der Waals surface area (Å²) in [5.41, 5.74) is -1.47. The van der Waals surface area contributed by atoms with Crippen LogP contribution in [0.25, 0.3) is 27.7 Å². The number of carboxylic acid groups (broad SMARTS) is 1. The number of benzene rings is 2. The van der Waals surface area contributed by atoms with Crippen LogP contribution in [0.15, 0.2) is 34.9 Å². The molecule has 0 saturated heterocycles. The van der Waals surface area contributed by atoms with Crippen LogP contribution in [0.1, 0.15) is 46.3 Å². The summed E-state index contributed by atoms with van der Waals surface area (Å²) in [6.45, 7) is 1.23. The topological polar surface area (TPSA) is 85.3 Å². The summed E-state index contributed by atoms with van der Waals surface area (Å²) in [5, 5.41) is 14.0. The Morgan fingerprint density at radius 1 is 1.17 bits per heavy atom. The number of allylic oxidation sites excluding steroid dienone is 1. The van der Waals surface area contributed by atoms with Gasteiger partial charge in [-0.05, 0) is 55.2 Å². The predicted octanol–water partition coefficient (Wildman–Crippen LogP) is 7.04. The van der Waals surface area contributed by atoms with Crippen molar-refractivity contribution in [2.75, 3.05) is 0 Å². The molecule has 2 aromatic heterocycles. The highest BCUT2D eigenvalue weighted by molar-refractivity contribution is 6.42. The predicted molar refractivity (Wildman–Crippen MR) is 130 cm³/mol. The normalized spacial score (nSPS) is 19.6. The molecule has 0 fully saturated rings. The molecule has 0 spiro atoms. The van der Waals surface area contributed by atoms with Crippen LogP contribution in [-0.2, 0) is 16.9 Å². The molecule has 4 aromatic rings. The first kappa shape index (κ1) is 23.2. The maximum absolute atomic E-state index is 16.7. The molecule has 1 N–H and O–H groups in total. The van der Waals surface area contributed by atoms with Gasteiger partial charge in [-0.25, -0.2) is 13.6 Å². The molecule has 2 aromatic carbocycles. The molecule has 6 nitrogen and oxygen atoms in total. The zero-order valence-corrected chi connectivity index (χ0v) is 20.5. The number of carbonyl (C=O) groups is 2. The van der Waals surface area contributed by atoms with Gasteiger partial charge >= 0.3 is 5.97 Å². The first-order chi connectivity index (χ1) is 17.0. The number of carboxylic acids is 1. The van der Waals surface area contributed by atoms with Crippen molar-refractivity contribution in [2.45, 2.75) is 25.4 Å². The lowest BCUT2D eigenvalue weighted by atomic mass is 9.83. The number of carbonyl (C=O) groups excluding carboxylic acids is 1.